The maximum Gasteiger partial charge on any atom is 0.356 e. The van der Waals surface area contributed by atoms with Gasteiger partial charge in [0.05, 0.1) is 12.2 Å². The highest BCUT2D eigenvalue weighted by atomic mass is 79.9. The lowest BCUT2D eigenvalue weighted by Crippen LogP contribution is -2.05. The van der Waals surface area contributed by atoms with Gasteiger partial charge in [0.2, 0.25) is 0 Å². The molecule has 1 aromatic heterocycles. The molecule has 0 atom stereocenters. The van der Waals surface area contributed by atoms with Crippen LogP contribution in [0.1, 0.15) is 16.1 Å². The van der Waals surface area contributed by atoms with Gasteiger partial charge >= 0.3 is 5.97 Å². The first kappa shape index (κ1) is 14.5. The van der Waals surface area contributed by atoms with Crippen molar-refractivity contribution in [1.29, 1.82) is 0 Å². The molecular weight excluding hydrogens is 344 g/mol. The molecule has 22 heavy (non-hydrogen) atoms. The molecule has 2 aromatic carbocycles. The zero-order valence-corrected chi connectivity index (χ0v) is 13.2. The summed E-state index contributed by atoms with van der Waals surface area (Å²) >= 11 is 3.44. The van der Waals surface area contributed by atoms with Crippen molar-refractivity contribution in [3.8, 4) is 11.3 Å². The molecule has 110 valence electrons. The number of aromatic nitrogens is 2. The summed E-state index contributed by atoms with van der Waals surface area (Å²) in [5, 5.41) is 13.4. The van der Waals surface area contributed by atoms with Gasteiger partial charge in [-0.3, -0.25) is 4.68 Å². The normalized spacial score (nSPS) is 10.6. The Hall–Kier alpha value is -2.40. The molecule has 3 aromatic rings. The minimum absolute atomic E-state index is 0.0471. The van der Waals surface area contributed by atoms with Crippen molar-refractivity contribution in [3.63, 3.8) is 0 Å². The van der Waals surface area contributed by atoms with Crippen molar-refractivity contribution in [1.82, 2.24) is 9.78 Å². The number of nitrogens with zero attached hydrogens (tertiary/aromatic N) is 2. The fourth-order valence-corrected chi connectivity index (χ4v) is 2.68. The van der Waals surface area contributed by atoms with Gasteiger partial charge in [-0.1, -0.05) is 58.4 Å². The second-order valence-corrected chi connectivity index (χ2v) is 5.79. The molecule has 0 bridgehead atoms. The molecule has 4 nitrogen and oxygen atoms in total. The van der Waals surface area contributed by atoms with Gasteiger partial charge in [-0.05, 0) is 23.8 Å². The van der Waals surface area contributed by atoms with Crippen LogP contribution in [0.2, 0.25) is 0 Å². The van der Waals surface area contributed by atoms with Crippen LogP contribution in [0.15, 0.2) is 65.1 Å². The van der Waals surface area contributed by atoms with Crippen LogP contribution >= 0.6 is 15.9 Å². The maximum absolute atomic E-state index is 11.2. The predicted molar refractivity (Wildman–Crippen MR) is 87.9 cm³/mol. The van der Waals surface area contributed by atoms with Crippen molar-refractivity contribution in [2.45, 2.75) is 6.54 Å². The molecule has 1 N–H and O–H groups in total. The Morgan fingerprint density at radius 3 is 2.55 bits per heavy atom. The summed E-state index contributed by atoms with van der Waals surface area (Å²) in [5.41, 5.74) is 2.82. The van der Waals surface area contributed by atoms with Crippen LogP contribution < -0.4 is 0 Å². The van der Waals surface area contributed by atoms with Gasteiger partial charge in [0.15, 0.2) is 5.69 Å². The van der Waals surface area contributed by atoms with Gasteiger partial charge < -0.3 is 5.11 Å². The molecule has 0 aliphatic carbocycles. The van der Waals surface area contributed by atoms with E-state index in [1.165, 1.54) is 0 Å². The van der Waals surface area contributed by atoms with E-state index in [4.69, 9.17) is 0 Å². The number of hydrogen-bond acceptors (Lipinski definition) is 2. The zero-order chi connectivity index (χ0) is 15.5. The number of aromatic carboxylic acids is 1. The Labute approximate surface area is 136 Å². The van der Waals surface area contributed by atoms with E-state index in [0.29, 0.717) is 6.54 Å². The number of hydrogen-bond donors (Lipinski definition) is 1. The maximum atomic E-state index is 11.2. The van der Waals surface area contributed by atoms with E-state index in [1.54, 1.807) is 10.7 Å². The summed E-state index contributed by atoms with van der Waals surface area (Å²) in [7, 11) is 0. The molecule has 0 saturated heterocycles. The SMILES string of the molecule is O=C(O)c1cc(-c2cccc(Br)c2)n(Cc2ccccc2)n1. The highest BCUT2D eigenvalue weighted by Crippen LogP contribution is 2.24. The van der Waals surface area contributed by atoms with Crippen LogP contribution in [-0.2, 0) is 6.54 Å². The fraction of sp³-hybridized carbons (Fsp3) is 0.0588. The van der Waals surface area contributed by atoms with Crippen LogP contribution in [0.4, 0.5) is 0 Å². The molecule has 0 saturated carbocycles. The zero-order valence-electron chi connectivity index (χ0n) is 11.6. The van der Waals surface area contributed by atoms with Crippen molar-refractivity contribution in [2.24, 2.45) is 0 Å². The molecule has 5 heteroatoms. The van der Waals surface area contributed by atoms with Gasteiger partial charge in [-0.15, -0.1) is 0 Å². The monoisotopic (exact) mass is 356 g/mol. The van der Waals surface area contributed by atoms with E-state index < -0.39 is 5.97 Å². The van der Waals surface area contributed by atoms with Crippen molar-refractivity contribution >= 4 is 21.9 Å². The molecular formula is C17H13BrN2O2. The van der Waals surface area contributed by atoms with Crippen LogP contribution in [-0.4, -0.2) is 20.9 Å². The van der Waals surface area contributed by atoms with Crippen LogP contribution in [0.25, 0.3) is 11.3 Å². The summed E-state index contributed by atoms with van der Waals surface area (Å²) in [6, 6.07) is 19.2. The van der Waals surface area contributed by atoms with Crippen molar-refractivity contribution < 1.29 is 9.90 Å². The lowest BCUT2D eigenvalue weighted by Gasteiger charge is -2.08. The Morgan fingerprint density at radius 2 is 1.86 bits per heavy atom. The van der Waals surface area contributed by atoms with Crippen molar-refractivity contribution in [2.75, 3.05) is 0 Å². The van der Waals surface area contributed by atoms with E-state index in [9.17, 15) is 9.90 Å². The molecule has 0 aliphatic heterocycles. The molecule has 1 heterocycles. The second kappa shape index (κ2) is 6.15. The first-order chi connectivity index (χ1) is 10.6. The van der Waals surface area contributed by atoms with Crippen LogP contribution in [0.3, 0.4) is 0 Å². The molecule has 0 unspecified atom stereocenters. The van der Waals surface area contributed by atoms with Crippen molar-refractivity contribution in [3.05, 3.63) is 76.4 Å². The third-order valence-corrected chi connectivity index (χ3v) is 3.79. The minimum Gasteiger partial charge on any atom is -0.476 e. The third-order valence-electron chi connectivity index (χ3n) is 3.29. The molecule has 0 aliphatic rings. The summed E-state index contributed by atoms with van der Waals surface area (Å²) < 4.78 is 2.66. The Morgan fingerprint density at radius 1 is 1.09 bits per heavy atom. The van der Waals surface area contributed by atoms with Gasteiger partial charge in [-0.25, -0.2) is 4.79 Å². The van der Waals surface area contributed by atoms with Gasteiger partial charge in [0, 0.05) is 10.0 Å². The number of rotatable bonds is 4. The first-order valence-electron chi connectivity index (χ1n) is 6.74. The number of benzene rings is 2. The predicted octanol–water partition coefficient (Wildman–Crippen LogP) is 4.06. The summed E-state index contributed by atoms with van der Waals surface area (Å²) in [6.07, 6.45) is 0. The van der Waals surface area contributed by atoms with E-state index in [2.05, 4.69) is 21.0 Å². The van der Waals surface area contributed by atoms with E-state index in [1.807, 2.05) is 54.6 Å². The fourth-order valence-electron chi connectivity index (χ4n) is 2.28. The smallest absolute Gasteiger partial charge is 0.356 e. The second-order valence-electron chi connectivity index (χ2n) is 4.87. The standard InChI is InChI=1S/C17H13BrN2O2/c18-14-8-4-7-13(9-14)16-10-15(17(21)22)19-20(16)11-12-5-2-1-3-6-12/h1-10H,11H2,(H,21,22). The van der Waals surface area contributed by atoms with Gasteiger partial charge in [0.25, 0.3) is 0 Å². The minimum atomic E-state index is -1.02. The highest BCUT2D eigenvalue weighted by Gasteiger charge is 2.15. The molecule has 0 spiro atoms. The molecule has 0 amide bonds. The van der Waals surface area contributed by atoms with Gasteiger partial charge in [-0.2, -0.15) is 5.10 Å². The molecule has 3 rings (SSSR count). The number of carbonyl (C=O) groups is 1. The average Bonchev–Trinajstić information content (AvgIpc) is 2.92. The average molecular weight is 357 g/mol. The molecule has 0 fully saturated rings. The number of halogens is 1. The summed E-state index contributed by atoms with van der Waals surface area (Å²) in [5.74, 6) is -1.02. The largest absolute Gasteiger partial charge is 0.476 e. The quantitative estimate of drug-likeness (QED) is 0.766. The number of carboxylic acids is 1. The van der Waals surface area contributed by atoms with E-state index >= 15 is 0 Å². The Bertz CT molecular complexity index is 813. The summed E-state index contributed by atoms with van der Waals surface area (Å²) in [4.78, 5) is 11.2. The molecule has 0 radical (unpaired) electrons. The van der Waals surface area contributed by atoms with E-state index in [0.717, 1.165) is 21.3 Å². The number of carboxylic acid groups (broad SMARTS) is 1. The van der Waals surface area contributed by atoms with Crippen LogP contribution in [0.5, 0.6) is 0 Å². The lowest BCUT2D eigenvalue weighted by molar-refractivity contribution is 0.0689. The Kier molecular flexibility index (Phi) is 4.06. The lowest BCUT2D eigenvalue weighted by atomic mass is 10.1. The van der Waals surface area contributed by atoms with Crippen LogP contribution in [0, 0.1) is 0 Å². The summed E-state index contributed by atoms with van der Waals surface area (Å²) in [6.45, 7) is 0.524. The Balaban J connectivity index is 2.06. The van der Waals surface area contributed by atoms with E-state index in [-0.39, 0.29) is 5.69 Å². The van der Waals surface area contributed by atoms with Gasteiger partial charge in [0.1, 0.15) is 0 Å². The third kappa shape index (κ3) is 3.09. The highest BCUT2D eigenvalue weighted by molar-refractivity contribution is 9.10. The topological polar surface area (TPSA) is 55.1 Å². The first-order valence-corrected chi connectivity index (χ1v) is 7.54.